The molecule has 2 heteroatoms. The topological polar surface area (TPSA) is 9.23 Å². The predicted octanol–water partition coefficient (Wildman–Crippen LogP) is 6.01. The predicted molar refractivity (Wildman–Crippen MR) is 87.9 cm³/mol. The lowest BCUT2D eigenvalue weighted by atomic mass is 9.66. The maximum Gasteiger partial charge on any atom is 0.110 e. The van der Waals surface area contributed by atoms with Crippen LogP contribution in [0.2, 0.25) is 0 Å². The Balaban J connectivity index is 2.56. The van der Waals surface area contributed by atoms with Crippen LogP contribution < -0.4 is 0 Å². The summed E-state index contributed by atoms with van der Waals surface area (Å²) in [7, 11) is 0. The molecule has 1 aliphatic rings. The molecule has 1 rings (SSSR count). The Morgan fingerprint density at radius 1 is 1.06 bits per heavy atom. The molecule has 0 aromatic heterocycles. The number of hydrogen-bond acceptors (Lipinski definition) is 1. The van der Waals surface area contributed by atoms with Crippen molar-refractivity contribution in [2.45, 2.75) is 79.8 Å². The van der Waals surface area contributed by atoms with E-state index in [2.05, 4.69) is 64.5 Å². The van der Waals surface area contributed by atoms with Crippen molar-refractivity contribution in [2.75, 3.05) is 0 Å². The van der Waals surface area contributed by atoms with Gasteiger partial charge in [0.1, 0.15) is 23.0 Å². The molecule has 0 saturated heterocycles. The summed E-state index contributed by atoms with van der Waals surface area (Å²) in [6.45, 7) is 14.2. The Morgan fingerprint density at radius 3 is 2.11 bits per heavy atom. The molecule has 1 aliphatic carbocycles. The summed E-state index contributed by atoms with van der Waals surface area (Å²) in [5.74, 6) is 1.63. The van der Waals surface area contributed by atoms with Gasteiger partial charge in [-0.3, -0.25) is 0 Å². The van der Waals surface area contributed by atoms with Crippen molar-refractivity contribution in [3.05, 3.63) is 0 Å². The molecular weight excluding hydrogens is 335 g/mol. The van der Waals surface area contributed by atoms with E-state index in [4.69, 9.17) is 3.07 Å². The highest BCUT2D eigenvalue weighted by Crippen LogP contribution is 2.44. The highest BCUT2D eigenvalue weighted by Gasteiger charge is 2.38. The minimum atomic E-state index is 0.371. The molecule has 0 radical (unpaired) electrons. The number of halogens is 1. The van der Waals surface area contributed by atoms with Crippen LogP contribution in [0, 0.1) is 22.7 Å². The lowest BCUT2D eigenvalue weighted by molar-refractivity contribution is 0.0287. The van der Waals surface area contributed by atoms with Crippen LogP contribution in [-0.4, -0.2) is 6.10 Å². The fourth-order valence-corrected chi connectivity index (χ4v) is 3.76. The van der Waals surface area contributed by atoms with Crippen molar-refractivity contribution in [3.63, 3.8) is 0 Å². The van der Waals surface area contributed by atoms with Gasteiger partial charge in [0, 0.05) is 0 Å². The van der Waals surface area contributed by atoms with Crippen molar-refractivity contribution in [1.82, 2.24) is 0 Å². The highest BCUT2D eigenvalue weighted by atomic mass is 127. The monoisotopic (exact) mass is 366 g/mol. The van der Waals surface area contributed by atoms with E-state index in [0.717, 1.165) is 5.92 Å². The van der Waals surface area contributed by atoms with E-state index in [1.165, 1.54) is 32.1 Å². The molecule has 1 saturated carbocycles. The van der Waals surface area contributed by atoms with Gasteiger partial charge in [0.05, 0.1) is 6.10 Å². The van der Waals surface area contributed by atoms with Crippen LogP contribution in [0.1, 0.15) is 73.6 Å². The average molecular weight is 366 g/mol. The third-order valence-corrected chi connectivity index (χ3v) is 5.08. The molecule has 0 aromatic rings. The first-order valence-corrected chi connectivity index (χ1v) is 8.29. The average Bonchev–Trinajstić information content (AvgIpc) is 2.24. The second-order valence-electron chi connectivity index (χ2n) is 8.38. The fourth-order valence-electron chi connectivity index (χ4n) is 3.15. The normalized spacial score (nSPS) is 30.5. The Kier molecular flexibility index (Phi) is 5.98. The molecule has 108 valence electrons. The van der Waals surface area contributed by atoms with Gasteiger partial charge in [-0.2, -0.15) is 0 Å². The summed E-state index contributed by atoms with van der Waals surface area (Å²) in [6, 6.07) is 0. The van der Waals surface area contributed by atoms with Crippen LogP contribution >= 0.6 is 23.0 Å². The van der Waals surface area contributed by atoms with Crippen LogP contribution in [0.15, 0.2) is 0 Å². The summed E-state index contributed by atoms with van der Waals surface area (Å²) in [5, 5.41) is 0. The van der Waals surface area contributed by atoms with Crippen molar-refractivity contribution in [3.8, 4) is 0 Å². The Bertz CT molecular complexity index is 249. The minimum absolute atomic E-state index is 0.371. The van der Waals surface area contributed by atoms with E-state index < -0.39 is 0 Å². The Labute approximate surface area is 128 Å². The zero-order valence-corrected chi connectivity index (χ0v) is 15.2. The maximum absolute atomic E-state index is 5.69. The van der Waals surface area contributed by atoms with Crippen LogP contribution in [0.4, 0.5) is 0 Å². The smallest absolute Gasteiger partial charge is 0.110 e. The zero-order valence-electron chi connectivity index (χ0n) is 13.1. The van der Waals surface area contributed by atoms with Crippen molar-refractivity contribution >= 4 is 23.0 Å². The van der Waals surface area contributed by atoms with Gasteiger partial charge in [-0.15, -0.1) is 0 Å². The largest absolute Gasteiger partial charge is 0.312 e. The molecule has 0 N–H and O–H groups in total. The second-order valence-corrected chi connectivity index (χ2v) is 8.89. The first-order valence-electron chi connectivity index (χ1n) is 7.41. The first-order chi connectivity index (χ1) is 8.13. The highest BCUT2D eigenvalue weighted by molar-refractivity contribution is 14.1. The van der Waals surface area contributed by atoms with Gasteiger partial charge in [-0.1, -0.05) is 41.5 Å². The quantitative estimate of drug-likeness (QED) is 0.556. The second kappa shape index (κ2) is 6.43. The molecular formula is C16H31IO. The number of hydrogen-bond donors (Lipinski definition) is 0. The first kappa shape index (κ1) is 16.7. The zero-order chi connectivity index (χ0) is 14.0. The van der Waals surface area contributed by atoms with Gasteiger partial charge >= 0.3 is 0 Å². The molecule has 0 spiro atoms. The van der Waals surface area contributed by atoms with Gasteiger partial charge in [0.25, 0.3) is 0 Å². The Hall–Kier alpha value is 0.690. The van der Waals surface area contributed by atoms with E-state index in [9.17, 15) is 0 Å². The molecule has 0 bridgehead atoms. The van der Waals surface area contributed by atoms with Crippen LogP contribution in [0.25, 0.3) is 0 Å². The minimum Gasteiger partial charge on any atom is -0.312 e. The summed E-state index contributed by atoms with van der Waals surface area (Å²) < 4.78 is 5.69. The molecule has 1 fully saturated rings. The van der Waals surface area contributed by atoms with E-state index >= 15 is 0 Å². The van der Waals surface area contributed by atoms with E-state index in [0.29, 0.717) is 22.9 Å². The summed E-state index contributed by atoms with van der Waals surface area (Å²) in [6.07, 6.45) is 7.17. The van der Waals surface area contributed by atoms with E-state index in [1.54, 1.807) is 0 Å². The van der Waals surface area contributed by atoms with Crippen LogP contribution in [0.3, 0.4) is 0 Å². The summed E-state index contributed by atoms with van der Waals surface area (Å²) in [4.78, 5) is 0. The summed E-state index contributed by atoms with van der Waals surface area (Å²) >= 11 is 2.10. The molecule has 1 nitrogen and oxygen atoms in total. The van der Waals surface area contributed by atoms with Crippen molar-refractivity contribution in [1.29, 1.82) is 0 Å². The van der Waals surface area contributed by atoms with Gasteiger partial charge < -0.3 is 3.07 Å². The van der Waals surface area contributed by atoms with E-state index in [1.807, 2.05) is 0 Å². The SMILES string of the molecule is CC(C)(C)CCC1CCC(OI)C(C(C)(C)C)C1. The lowest BCUT2D eigenvalue weighted by Gasteiger charge is -2.42. The van der Waals surface area contributed by atoms with Gasteiger partial charge in [0.15, 0.2) is 0 Å². The van der Waals surface area contributed by atoms with Crippen molar-refractivity contribution < 1.29 is 3.07 Å². The van der Waals surface area contributed by atoms with Crippen molar-refractivity contribution in [2.24, 2.45) is 22.7 Å². The molecule has 0 aliphatic heterocycles. The van der Waals surface area contributed by atoms with Crippen LogP contribution in [-0.2, 0) is 3.07 Å². The third kappa shape index (κ3) is 5.36. The molecule has 3 unspecified atom stereocenters. The maximum atomic E-state index is 5.69. The third-order valence-electron chi connectivity index (χ3n) is 4.42. The molecule has 0 amide bonds. The fraction of sp³-hybridized carbons (Fsp3) is 1.00. The van der Waals surface area contributed by atoms with Gasteiger partial charge in [-0.05, 0) is 54.8 Å². The molecule has 18 heavy (non-hydrogen) atoms. The van der Waals surface area contributed by atoms with Gasteiger partial charge in [-0.25, -0.2) is 0 Å². The number of rotatable bonds is 3. The Morgan fingerprint density at radius 2 is 1.67 bits per heavy atom. The summed E-state index contributed by atoms with van der Waals surface area (Å²) in [5.41, 5.74) is 0.851. The van der Waals surface area contributed by atoms with Gasteiger partial charge in [0.2, 0.25) is 0 Å². The van der Waals surface area contributed by atoms with Crippen LogP contribution in [0.5, 0.6) is 0 Å². The molecule has 3 atom stereocenters. The molecule has 0 heterocycles. The standard InChI is InChI=1S/C16H31IO/c1-15(2,3)10-9-12-7-8-14(18-17)13(11-12)16(4,5)6/h12-14H,7-11H2,1-6H3. The lowest BCUT2D eigenvalue weighted by Crippen LogP contribution is -2.38. The van der Waals surface area contributed by atoms with E-state index in [-0.39, 0.29) is 0 Å². The molecule has 0 aromatic carbocycles.